The Hall–Kier alpha value is -1.70. The summed E-state index contributed by atoms with van der Waals surface area (Å²) in [6.45, 7) is -0.171. The van der Waals surface area contributed by atoms with Crippen molar-refractivity contribution >= 4 is 33.3 Å². The molecule has 0 saturated carbocycles. The van der Waals surface area contributed by atoms with E-state index in [4.69, 9.17) is 0 Å². The van der Waals surface area contributed by atoms with E-state index in [0.717, 1.165) is 6.07 Å². The molecule has 6 nitrogen and oxygen atoms in total. The molecule has 1 aromatic rings. The van der Waals surface area contributed by atoms with E-state index in [-0.39, 0.29) is 16.7 Å². The molecule has 0 aliphatic rings. The van der Waals surface area contributed by atoms with Gasteiger partial charge in [0.1, 0.15) is 18.0 Å². The average Bonchev–Trinajstić information content (AvgIpc) is 2.31. The number of anilines is 1. The first-order valence-corrected chi connectivity index (χ1v) is 5.57. The number of nitro benzene ring substituents is 1. The zero-order valence-corrected chi connectivity index (χ0v) is 11.2. The molecule has 1 aromatic carbocycles. The van der Waals surface area contributed by atoms with Crippen LogP contribution >= 0.6 is 15.9 Å². The van der Waals surface area contributed by atoms with Crippen LogP contribution in [-0.2, 0) is 9.53 Å². The highest BCUT2D eigenvalue weighted by Gasteiger charge is 2.21. The predicted octanol–water partition coefficient (Wildman–Crippen LogP) is 2.11. The van der Waals surface area contributed by atoms with E-state index in [9.17, 15) is 19.3 Å². The van der Waals surface area contributed by atoms with Crippen LogP contribution in [0.15, 0.2) is 16.6 Å². The number of likely N-dealkylation sites (N-methyl/N-ethyl adjacent to an activating group) is 1. The summed E-state index contributed by atoms with van der Waals surface area (Å²) in [7, 11) is 2.69. The van der Waals surface area contributed by atoms with Crippen molar-refractivity contribution in [2.45, 2.75) is 0 Å². The van der Waals surface area contributed by atoms with Gasteiger partial charge in [-0.2, -0.15) is 0 Å². The Kier molecular flexibility index (Phi) is 4.60. The second kappa shape index (κ2) is 5.76. The maximum Gasteiger partial charge on any atom is 0.325 e. The lowest BCUT2D eigenvalue weighted by Gasteiger charge is -2.18. The van der Waals surface area contributed by atoms with E-state index in [0.29, 0.717) is 0 Å². The van der Waals surface area contributed by atoms with Gasteiger partial charge in [-0.3, -0.25) is 14.9 Å². The van der Waals surface area contributed by atoms with Crippen LogP contribution in [0.2, 0.25) is 0 Å². The number of carbonyl (C=O) groups excluding carboxylic acids is 1. The van der Waals surface area contributed by atoms with E-state index >= 15 is 0 Å². The minimum atomic E-state index is -0.739. The highest BCUT2D eigenvalue weighted by Crippen LogP contribution is 2.32. The largest absolute Gasteiger partial charge is 0.468 e. The van der Waals surface area contributed by atoms with Gasteiger partial charge in [0, 0.05) is 7.05 Å². The van der Waals surface area contributed by atoms with Crippen molar-refractivity contribution in [3.05, 3.63) is 32.5 Å². The van der Waals surface area contributed by atoms with Gasteiger partial charge in [-0.25, -0.2) is 4.39 Å². The Morgan fingerprint density at radius 2 is 2.22 bits per heavy atom. The number of carbonyl (C=O) groups is 1. The number of halogens is 2. The number of benzene rings is 1. The van der Waals surface area contributed by atoms with E-state index in [1.165, 1.54) is 25.1 Å². The van der Waals surface area contributed by atoms with Gasteiger partial charge >= 0.3 is 5.97 Å². The average molecular weight is 321 g/mol. The smallest absolute Gasteiger partial charge is 0.325 e. The summed E-state index contributed by atoms with van der Waals surface area (Å²) in [4.78, 5) is 22.5. The topological polar surface area (TPSA) is 72.7 Å². The summed E-state index contributed by atoms with van der Waals surface area (Å²) in [5, 5.41) is 10.8. The Bertz CT molecular complexity index is 495. The van der Waals surface area contributed by atoms with Crippen LogP contribution in [0, 0.1) is 15.9 Å². The van der Waals surface area contributed by atoms with Crippen LogP contribution in [0.3, 0.4) is 0 Å². The molecule has 8 heteroatoms. The fraction of sp³-hybridized carbons (Fsp3) is 0.300. The number of hydrogen-bond donors (Lipinski definition) is 0. The van der Waals surface area contributed by atoms with Crippen molar-refractivity contribution in [2.75, 3.05) is 25.6 Å². The van der Waals surface area contributed by atoms with Crippen molar-refractivity contribution in [1.82, 2.24) is 0 Å². The Balaban J connectivity index is 3.17. The minimum absolute atomic E-state index is 0.0832. The highest BCUT2D eigenvalue weighted by atomic mass is 79.9. The van der Waals surface area contributed by atoms with Gasteiger partial charge in [-0.05, 0) is 22.0 Å². The van der Waals surface area contributed by atoms with Gasteiger partial charge in [-0.15, -0.1) is 0 Å². The summed E-state index contributed by atoms with van der Waals surface area (Å²) in [5.41, 5.74) is -0.291. The third kappa shape index (κ3) is 3.16. The Morgan fingerprint density at radius 1 is 1.61 bits per heavy atom. The number of ether oxygens (including phenoxy) is 1. The lowest BCUT2D eigenvalue weighted by atomic mass is 10.2. The molecule has 0 amide bonds. The van der Waals surface area contributed by atoms with Gasteiger partial charge in [0.05, 0.1) is 22.6 Å². The van der Waals surface area contributed by atoms with Crippen LogP contribution in [0.5, 0.6) is 0 Å². The maximum absolute atomic E-state index is 13.3. The normalized spacial score (nSPS) is 10.0. The first-order chi connectivity index (χ1) is 8.36. The third-order valence-electron chi connectivity index (χ3n) is 2.22. The summed E-state index contributed by atoms with van der Waals surface area (Å²) in [6, 6.07) is 2.05. The van der Waals surface area contributed by atoms with Gasteiger partial charge < -0.3 is 9.64 Å². The van der Waals surface area contributed by atoms with Gasteiger partial charge in [-0.1, -0.05) is 0 Å². The van der Waals surface area contributed by atoms with Crippen LogP contribution in [0.4, 0.5) is 15.8 Å². The summed E-state index contributed by atoms with van der Waals surface area (Å²) >= 11 is 2.94. The van der Waals surface area contributed by atoms with Crippen molar-refractivity contribution in [2.24, 2.45) is 0 Å². The number of rotatable bonds is 4. The van der Waals surface area contributed by atoms with Crippen molar-refractivity contribution in [3.8, 4) is 0 Å². The zero-order chi connectivity index (χ0) is 13.9. The molecular weight excluding hydrogens is 311 g/mol. The second-order valence-electron chi connectivity index (χ2n) is 3.44. The molecule has 0 bridgehead atoms. The summed E-state index contributed by atoms with van der Waals surface area (Å²) in [6.07, 6.45) is 0. The Morgan fingerprint density at radius 3 is 2.72 bits per heavy atom. The number of methoxy groups -OCH3 is 1. The molecule has 98 valence electrons. The molecule has 18 heavy (non-hydrogen) atoms. The van der Waals surface area contributed by atoms with E-state index in [1.807, 2.05) is 0 Å². The molecule has 0 spiro atoms. The first kappa shape index (κ1) is 14.4. The minimum Gasteiger partial charge on any atom is -0.468 e. The summed E-state index contributed by atoms with van der Waals surface area (Å²) in [5.74, 6) is -1.29. The fourth-order valence-electron chi connectivity index (χ4n) is 1.32. The lowest BCUT2D eigenvalue weighted by Crippen LogP contribution is -2.27. The molecule has 0 unspecified atom stereocenters. The van der Waals surface area contributed by atoms with Crippen LogP contribution in [-0.4, -0.2) is 31.6 Å². The molecule has 0 radical (unpaired) electrons. The number of esters is 1. The zero-order valence-electron chi connectivity index (χ0n) is 9.65. The molecular formula is C10H10BrFN2O4. The van der Waals surface area contributed by atoms with Crippen LogP contribution in [0.25, 0.3) is 0 Å². The van der Waals surface area contributed by atoms with E-state index < -0.39 is 22.4 Å². The Labute approximate surface area is 111 Å². The quantitative estimate of drug-likeness (QED) is 0.482. The predicted molar refractivity (Wildman–Crippen MR) is 66.0 cm³/mol. The molecule has 0 saturated heterocycles. The van der Waals surface area contributed by atoms with E-state index in [1.54, 1.807) is 0 Å². The van der Waals surface area contributed by atoms with Crippen LogP contribution < -0.4 is 4.90 Å². The molecule has 0 aliphatic carbocycles. The van der Waals surface area contributed by atoms with Crippen molar-refractivity contribution < 1.29 is 18.8 Å². The molecule has 1 rings (SSSR count). The first-order valence-electron chi connectivity index (χ1n) is 4.78. The van der Waals surface area contributed by atoms with Crippen molar-refractivity contribution in [1.29, 1.82) is 0 Å². The molecule has 0 heterocycles. The van der Waals surface area contributed by atoms with Crippen molar-refractivity contribution in [3.63, 3.8) is 0 Å². The van der Waals surface area contributed by atoms with Gasteiger partial charge in [0.25, 0.3) is 5.69 Å². The highest BCUT2D eigenvalue weighted by molar-refractivity contribution is 9.10. The van der Waals surface area contributed by atoms with Gasteiger partial charge in [0.2, 0.25) is 0 Å². The fourth-order valence-corrected chi connectivity index (χ4v) is 1.65. The standard InChI is InChI=1S/C10H10BrFN2O4/c1-13(5-10(15)18-2)8-3-6(11)7(12)4-9(8)14(16)17/h3-4H,5H2,1-2H3. The lowest BCUT2D eigenvalue weighted by molar-refractivity contribution is -0.384. The summed E-state index contributed by atoms with van der Waals surface area (Å²) < 4.78 is 17.8. The third-order valence-corrected chi connectivity index (χ3v) is 2.83. The maximum atomic E-state index is 13.3. The molecule has 0 N–H and O–H groups in total. The second-order valence-corrected chi connectivity index (χ2v) is 4.30. The number of nitro groups is 1. The number of hydrogen-bond acceptors (Lipinski definition) is 5. The molecule has 0 aliphatic heterocycles. The monoisotopic (exact) mass is 320 g/mol. The van der Waals surface area contributed by atoms with Gasteiger partial charge in [0.15, 0.2) is 0 Å². The van der Waals surface area contributed by atoms with E-state index in [2.05, 4.69) is 20.7 Å². The molecule has 0 atom stereocenters. The molecule has 0 fully saturated rings. The molecule has 0 aromatic heterocycles. The van der Waals surface area contributed by atoms with Crippen LogP contribution in [0.1, 0.15) is 0 Å². The number of nitrogens with zero attached hydrogens (tertiary/aromatic N) is 2. The SMILES string of the molecule is COC(=O)CN(C)c1cc(Br)c(F)cc1[N+](=O)[O-].